The third kappa shape index (κ3) is 8.16. The number of esters is 1. The van der Waals surface area contributed by atoms with Gasteiger partial charge in [0.15, 0.2) is 5.69 Å². The van der Waals surface area contributed by atoms with Crippen LogP contribution in [-0.2, 0) is 29.6 Å². The van der Waals surface area contributed by atoms with Gasteiger partial charge in [0.2, 0.25) is 5.91 Å². The minimum absolute atomic E-state index is 0.130. The lowest BCUT2D eigenvalue weighted by molar-refractivity contribution is -0.124. The van der Waals surface area contributed by atoms with Crippen LogP contribution in [-0.4, -0.2) is 56.5 Å². The number of likely N-dealkylation sites (tertiary alicyclic amines) is 1. The van der Waals surface area contributed by atoms with Crippen molar-refractivity contribution in [3.8, 4) is 0 Å². The number of hydrogen-bond donors (Lipinski definition) is 3. The molecule has 10 heteroatoms. The Kier molecular flexibility index (Phi) is 10.8. The van der Waals surface area contributed by atoms with Crippen LogP contribution in [0.5, 0.6) is 0 Å². The van der Waals surface area contributed by atoms with E-state index in [1.165, 1.54) is 0 Å². The van der Waals surface area contributed by atoms with Crippen molar-refractivity contribution < 1.29 is 19.1 Å². The molecule has 0 saturated carbocycles. The van der Waals surface area contributed by atoms with Gasteiger partial charge in [-0.05, 0) is 49.3 Å². The first kappa shape index (κ1) is 32.8. The van der Waals surface area contributed by atoms with Crippen LogP contribution in [0.3, 0.4) is 0 Å². The number of nitrogens with zero attached hydrogens (tertiary/aromatic N) is 3. The zero-order chi connectivity index (χ0) is 32.6. The Bertz CT molecular complexity index is 1630. The predicted octanol–water partition coefficient (Wildman–Crippen LogP) is 5.97. The molecule has 1 aliphatic rings. The fourth-order valence-electron chi connectivity index (χ4n) is 6.15. The Labute approximate surface area is 270 Å². The van der Waals surface area contributed by atoms with Crippen LogP contribution in [0.15, 0.2) is 60.8 Å². The van der Waals surface area contributed by atoms with Crippen molar-refractivity contribution in [2.75, 3.05) is 13.1 Å². The average Bonchev–Trinajstić information content (AvgIpc) is 3.44. The molecule has 3 N–H and O–H groups in total. The number of benzene rings is 2. The number of aromatic nitrogens is 3. The second-order valence-electron chi connectivity index (χ2n) is 12.7. The SMILES string of the molecule is Cc1[nH]c([C@@H](Cc2cn(C)c3ccccc23)NC(=O)[C@H](CC(C)C)NC(=O)N2CCCCCC2)nc1C(=O)OCc1ccccc1. The Morgan fingerprint density at radius 1 is 0.957 bits per heavy atom. The molecule has 0 radical (unpaired) electrons. The smallest absolute Gasteiger partial charge is 0.359 e. The Morgan fingerprint density at radius 2 is 1.65 bits per heavy atom. The van der Waals surface area contributed by atoms with Gasteiger partial charge in [0.05, 0.1) is 6.04 Å². The number of ether oxygens (including phenoxy) is 1. The molecule has 4 aromatic rings. The molecule has 3 amide bonds. The van der Waals surface area contributed by atoms with Gasteiger partial charge in [-0.25, -0.2) is 14.6 Å². The number of nitrogens with one attached hydrogen (secondary N) is 3. The molecule has 0 aliphatic carbocycles. The van der Waals surface area contributed by atoms with Crippen molar-refractivity contribution in [2.24, 2.45) is 13.0 Å². The van der Waals surface area contributed by atoms with E-state index in [-0.39, 0.29) is 30.2 Å². The summed E-state index contributed by atoms with van der Waals surface area (Å²) in [6.07, 6.45) is 7.12. The van der Waals surface area contributed by atoms with E-state index in [0.717, 1.165) is 47.7 Å². The van der Waals surface area contributed by atoms with Gasteiger partial charge in [0.1, 0.15) is 18.5 Å². The molecule has 0 unspecified atom stereocenters. The molecular formula is C36H46N6O4. The number of imidazole rings is 1. The molecule has 46 heavy (non-hydrogen) atoms. The first-order valence-electron chi connectivity index (χ1n) is 16.4. The first-order chi connectivity index (χ1) is 22.2. The number of amides is 3. The van der Waals surface area contributed by atoms with Crippen LogP contribution >= 0.6 is 0 Å². The molecule has 5 rings (SSSR count). The van der Waals surface area contributed by atoms with Gasteiger partial charge in [-0.3, -0.25) is 4.79 Å². The molecule has 0 bridgehead atoms. The summed E-state index contributed by atoms with van der Waals surface area (Å²) in [6.45, 7) is 7.37. The van der Waals surface area contributed by atoms with Gasteiger partial charge < -0.3 is 29.8 Å². The average molecular weight is 627 g/mol. The maximum Gasteiger partial charge on any atom is 0.359 e. The van der Waals surface area contributed by atoms with Crippen molar-refractivity contribution >= 4 is 28.8 Å². The second-order valence-corrected chi connectivity index (χ2v) is 12.7. The van der Waals surface area contributed by atoms with Gasteiger partial charge in [-0.2, -0.15) is 0 Å². The van der Waals surface area contributed by atoms with E-state index >= 15 is 0 Å². The molecule has 2 aromatic heterocycles. The third-order valence-corrected chi connectivity index (χ3v) is 8.57. The molecule has 10 nitrogen and oxygen atoms in total. The van der Waals surface area contributed by atoms with Crippen LogP contribution < -0.4 is 10.6 Å². The van der Waals surface area contributed by atoms with Crippen molar-refractivity contribution in [2.45, 2.75) is 78.0 Å². The minimum Gasteiger partial charge on any atom is -0.456 e. The van der Waals surface area contributed by atoms with E-state index in [0.29, 0.717) is 37.4 Å². The van der Waals surface area contributed by atoms with Crippen LogP contribution in [0.1, 0.15) is 85.1 Å². The summed E-state index contributed by atoms with van der Waals surface area (Å²) < 4.78 is 7.64. The largest absolute Gasteiger partial charge is 0.456 e. The molecule has 1 aliphatic heterocycles. The maximum absolute atomic E-state index is 14.0. The second kappa shape index (κ2) is 15.1. The van der Waals surface area contributed by atoms with Crippen LogP contribution in [0, 0.1) is 12.8 Å². The molecule has 1 saturated heterocycles. The van der Waals surface area contributed by atoms with E-state index in [9.17, 15) is 14.4 Å². The van der Waals surface area contributed by atoms with E-state index < -0.39 is 18.1 Å². The summed E-state index contributed by atoms with van der Waals surface area (Å²) in [6, 6.07) is 16.1. The van der Waals surface area contributed by atoms with Crippen LogP contribution in [0.25, 0.3) is 10.9 Å². The van der Waals surface area contributed by atoms with Gasteiger partial charge in [-0.1, -0.05) is 75.2 Å². The van der Waals surface area contributed by atoms with E-state index in [4.69, 9.17) is 4.74 Å². The van der Waals surface area contributed by atoms with Gasteiger partial charge >= 0.3 is 12.0 Å². The van der Waals surface area contributed by atoms with Gasteiger partial charge in [0, 0.05) is 49.4 Å². The zero-order valence-electron chi connectivity index (χ0n) is 27.3. The number of rotatable bonds is 11. The van der Waals surface area contributed by atoms with Gasteiger partial charge in [0.25, 0.3) is 0 Å². The summed E-state index contributed by atoms with van der Waals surface area (Å²) in [5.41, 5.74) is 3.71. The van der Waals surface area contributed by atoms with Crippen molar-refractivity contribution in [1.29, 1.82) is 0 Å². The molecule has 2 aromatic carbocycles. The number of hydrogen-bond acceptors (Lipinski definition) is 5. The quantitative estimate of drug-likeness (QED) is 0.177. The van der Waals surface area contributed by atoms with Crippen LogP contribution in [0.4, 0.5) is 4.79 Å². The number of carbonyl (C=O) groups is 3. The lowest BCUT2D eigenvalue weighted by Crippen LogP contribution is -2.52. The fraction of sp³-hybridized carbons (Fsp3) is 0.444. The number of aryl methyl sites for hydroxylation is 2. The fourth-order valence-corrected chi connectivity index (χ4v) is 6.15. The number of fused-ring (bicyclic) bond motifs is 1. The Hall–Kier alpha value is -4.60. The highest BCUT2D eigenvalue weighted by molar-refractivity contribution is 5.89. The van der Waals surface area contributed by atoms with E-state index in [1.54, 1.807) is 6.92 Å². The Morgan fingerprint density at radius 3 is 2.37 bits per heavy atom. The highest BCUT2D eigenvalue weighted by atomic mass is 16.5. The summed E-state index contributed by atoms with van der Waals surface area (Å²) >= 11 is 0. The number of para-hydroxylation sites is 1. The number of carbonyl (C=O) groups excluding carboxylic acids is 3. The highest BCUT2D eigenvalue weighted by Crippen LogP contribution is 2.26. The minimum atomic E-state index is -0.725. The van der Waals surface area contributed by atoms with E-state index in [2.05, 4.69) is 43.5 Å². The topological polar surface area (TPSA) is 121 Å². The Balaban J connectivity index is 1.40. The van der Waals surface area contributed by atoms with Crippen molar-refractivity contribution in [3.05, 3.63) is 89.1 Å². The molecule has 3 heterocycles. The monoisotopic (exact) mass is 626 g/mol. The molecule has 0 spiro atoms. The van der Waals surface area contributed by atoms with E-state index in [1.807, 2.05) is 68.3 Å². The number of aromatic amines is 1. The van der Waals surface area contributed by atoms with Crippen LogP contribution in [0.2, 0.25) is 0 Å². The summed E-state index contributed by atoms with van der Waals surface area (Å²) in [7, 11) is 1.99. The third-order valence-electron chi connectivity index (χ3n) is 8.57. The first-order valence-corrected chi connectivity index (χ1v) is 16.4. The summed E-state index contributed by atoms with van der Waals surface area (Å²) in [5.74, 6) is -0.202. The molecule has 1 fully saturated rings. The molecule has 244 valence electrons. The maximum atomic E-state index is 14.0. The summed E-state index contributed by atoms with van der Waals surface area (Å²) in [5, 5.41) is 7.30. The molecule has 2 atom stereocenters. The van der Waals surface area contributed by atoms with Crippen molar-refractivity contribution in [1.82, 2.24) is 30.1 Å². The lowest BCUT2D eigenvalue weighted by Gasteiger charge is -2.27. The molecular weight excluding hydrogens is 580 g/mol. The highest BCUT2D eigenvalue weighted by Gasteiger charge is 2.30. The number of urea groups is 1. The normalized spacial score (nSPS) is 14.9. The zero-order valence-corrected chi connectivity index (χ0v) is 27.3. The number of H-pyrrole nitrogens is 1. The summed E-state index contributed by atoms with van der Waals surface area (Å²) in [4.78, 5) is 50.2. The van der Waals surface area contributed by atoms with Gasteiger partial charge in [-0.15, -0.1) is 0 Å². The predicted molar refractivity (Wildman–Crippen MR) is 178 cm³/mol. The lowest BCUT2D eigenvalue weighted by atomic mass is 10.0. The standard InChI is InChI=1S/C36H46N6O4/c1-24(2)20-30(39-36(45)42-18-12-5-6-13-19-42)34(43)38-29(21-27-22-41(4)31-17-11-10-16-28(27)31)33-37-25(3)32(40-33)35(44)46-23-26-14-8-7-9-15-26/h7-11,14-17,22,24,29-30H,5-6,12-13,18-21,23H2,1-4H3,(H,37,40)(H,38,43)(H,39,45)/t29-,30+/m1/s1. The van der Waals surface area contributed by atoms with Crippen molar-refractivity contribution in [3.63, 3.8) is 0 Å².